The van der Waals surface area contributed by atoms with E-state index in [1.54, 1.807) is 41.3 Å². The van der Waals surface area contributed by atoms with Crippen molar-refractivity contribution in [3.63, 3.8) is 0 Å². The van der Waals surface area contributed by atoms with Gasteiger partial charge in [-0.15, -0.1) is 11.8 Å². The Bertz CT molecular complexity index is 476. The average molecular weight is 292 g/mol. The minimum absolute atomic E-state index is 0.266. The molecule has 0 amide bonds. The van der Waals surface area contributed by atoms with Crippen LogP contribution in [0.3, 0.4) is 0 Å². The lowest BCUT2D eigenvalue weighted by atomic mass is 10.5. The zero-order valence-corrected chi connectivity index (χ0v) is 12.0. The van der Waals surface area contributed by atoms with E-state index in [9.17, 15) is 0 Å². The summed E-state index contributed by atoms with van der Waals surface area (Å²) in [7, 11) is 0. The maximum absolute atomic E-state index is 5.08. The number of nitrogens with zero attached hydrogens (tertiary/aromatic N) is 2. The van der Waals surface area contributed by atoms with Gasteiger partial charge >= 0.3 is 0 Å². The number of thioether (sulfide) groups is 2. The van der Waals surface area contributed by atoms with Crippen LogP contribution in [-0.4, -0.2) is 26.3 Å². The fraction of sp³-hybridized carbons (Fsp3) is 0.154. The first kappa shape index (κ1) is 13.5. The van der Waals surface area contributed by atoms with Crippen LogP contribution in [0, 0.1) is 0 Å². The number of thiocarbonyl (C=S) groups is 1. The van der Waals surface area contributed by atoms with Gasteiger partial charge in [0.1, 0.15) is 0 Å². The molecule has 2 aromatic rings. The minimum Gasteiger partial charge on any atom is -0.250 e. The van der Waals surface area contributed by atoms with E-state index in [0.29, 0.717) is 0 Å². The largest absolute Gasteiger partial charge is 0.250 e. The quantitative estimate of drug-likeness (QED) is 0.597. The van der Waals surface area contributed by atoms with Crippen molar-refractivity contribution in [2.75, 3.05) is 5.75 Å². The third-order valence-electron chi connectivity index (χ3n) is 2.09. The first-order chi connectivity index (χ1) is 8.88. The lowest BCUT2D eigenvalue weighted by Gasteiger charge is -2.09. The van der Waals surface area contributed by atoms with Gasteiger partial charge in [-0.3, -0.25) is 0 Å². The molecule has 0 N–H and O–H groups in total. The molecule has 0 radical (unpaired) electrons. The van der Waals surface area contributed by atoms with E-state index in [4.69, 9.17) is 12.2 Å². The van der Waals surface area contributed by atoms with Crippen LogP contribution in [0.5, 0.6) is 0 Å². The predicted octanol–water partition coefficient (Wildman–Crippen LogP) is 3.73. The second-order valence-corrected chi connectivity index (χ2v) is 6.01. The zero-order valence-electron chi connectivity index (χ0n) is 9.60. The Morgan fingerprint density at radius 2 is 1.72 bits per heavy atom. The fourth-order valence-corrected chi connectivity index (χ4v) is 3.52. The van der Waals surface area contributed by atoms with Crippen LogP contribution in [0.15, 0.2) is 58.8 Å². The van der Waals surface area contributed by atoms with Gasteiger partial charge in [-0.25, -0.2) is 9.97 Å². The van der Waals surface area contributed by atoms with Crippen molar-refractivity contribution in [2.24, 2.45) is 0 Å². The molecule has 0 saturated carbocycles. The Labute approximate surface area is 121 Å². The molecule has 18 heavy (non-hydrogen) atoms. The average Bonchev–Trinajstić information content (AvgIpc) is 2.45. The first-order valence-electron chi connectivity index (χ1n) is 5.45. The summed E-state index contributed by atoms with van der Waals surface area (Å²) < 4.78 is 0. The normalized spacial score (nSPS) is 12.0. The molecule has 0 saturated heterocycles. The van der Waals surface area contributed by atoms with Crippen LogP contribution in [0.1, 0.15) is 0 Å². The summed E-state index contributed by atoms with van der Waals surface area (Å²) in [5, 5.41) is 4.10. The highest BCUT2D eigenvalue weighted by Crippen LogP contribution is 2.25. The number of rotatable bonds is 6. The Balaban J connectivity index is 1.88. The highest BCUT2D eigenvalue weighted by atomic mass is 32.2. The third kappa shape index (κ3) is 4.40. The van der Waals surface area contributed by atoms with Crippen molar-refractivity contribution >= 4 is 41.1 Å². The van der Waals surface area contributed by atoms with E-state index in [1.807, 2.05) is 36.4 Å². The highest BCUT2D eigenvalue weighted by Gasteiger charge is 2.09. The number of hydrogen-bond donors (Lipinski definition) is 0. The minimum atomic E-state index is 0.266. The molecule has 0 fully saturated rings. The van der Waals surface area contributed by atoms with Gasteiger partial charge in [-0.2, -0.15) is 0 Å². The number of aromatic nitrogens is 2. The van der Waals surface area contributed by atoms with E-state index in [1.165, 1.54) is 0 Å². The van der Waals surface area contributed by atoms with Crippen molar-refractivity contribution in [1.82, 2.24) is 9.97 Å². The van der Waals surface area contributed by atoms with Crippen molar-refractivity contribution in [3.8, 4) is 0 Å². The standard InChI is InChI=1S/C13H12N2S3/c16-9-11(18-13-6-2-4-8-15-13)10-17-12-5-1-3-7-14-12/h1-9,11H,10H2. The monoisotopic (exact) mass is 292 g/mol. The predicted molar refractivity (Wildman–Crippen MR) is 82.5 cm³/mol. The van der Waals surface area contributed by atoms with Gasteiger partial charge in [-0.05, 0) is 29.6 Å². The molecule has 0 aliphatic carbocycles. The van der Waals surface area contributed by atoms with E-state index in [0.717, 1.165) is 15.8 Å². The molecule has 2 rings (SSSR count). The molecule has 0 bridgehead atoms. The Morgan fingerprint density at radius 1 is 1.06 bits per heavy atom. The molecule has 1 unspecified atom stereocenters. The maximum Gasteiger partial charge on any atom is 0.0966 e. The van der Waals surface area contributed by atoms with Gasteiger partial charge in [0, 0.05) is 23.4 Å². The summed E-state index contributed by atoms with van der Waals surface area (Å²) in [5.41, 5.74) is 0. The molecule has 0 aliphatic rings. The summed E-state index contributed by atoms with van der Waals surface area (Å²) in [4.78, 5) is 8.58. The van der Waals surface area contributed by atoms with Gasteiger partial charge in [-0.1, -0.05) is 36.1 Å². The van der Waals surface area contributed by atoms with Gasteiger partial charge in [0.05, 0.1) is 10.1 Å². The lowest BCUT2D eigenvalue weighted by molar-refractivity contribution is 1.12. The van der Waals surface area contributed by atoms with Crippen LogP contribution < -0.4 is 0 Å². The molecule has 92 valence electrons. The molecule has 2 aromatic heterocycles. The second-order valence-electron chi connectivity index (χ2n) is 3.44. The topological polar surface area (TPSA) is 25.8 Å². The Morgan fingerprint density at radius 3 is 2.28 bits per heavy atom. The third-order valence-corrected chi connectivity index (χ3v) is 4.96. The second kappa shape index (κ2) is 7.51. The molecule has 2 nitrogen and oxygen atoms in total. The zero-order chi connectivity index (χ0) is 12.6. The lowest BCUT2D eigenvalue weighted by Crippen LogP contribution is -2.06. The summed E-state index contributed by atoms with van der Waals surface area (Å²) in [6, 6.07) is 11.8. The van der Waals surface area contributed by atoms with Crippen LogP contribution in [0.4, 0.5) is 0 Å². The van der Waals surface area contributed by atoms with E-state index in [-0.39, 0.29) is 5.25 Å². The van der Waals surface area contributed by atoms with Gasteiger partial charge in [0.25, 0.3) is 0 Å². The first-order valence-corrected chi connectivity index (χ1v) is 7.79. The van der Waals surface area contributed by atoms with Crippen LogP contribution >= 0.6 is 35.7 Å². The van der Waals surface area contributed by atoms with Crippen molar-refractivity contribution in [1.29, 1.82) is 0 Å². The van der Waals surface area contributed by atoms with Gasteiger partial charge in [0.15, 0.2) is 0 Å². The highest BCUT2D eigenvalue weighted by molar-refractivity contribution is 8.04. The molecular weight excluding hydrogens is 280 g/mol. The smallest absolute Gasteiger partial charge is 0.0966 e. The molecular formula is C13H12N2S3. The van der Waals surface area contributed by atoms with Crippen LogP contribution in [0.2, 0.25) is 0 Å². The summed E-state index contributed by atoms with van der Waals surface area (Å²) in [6.45, 7) is 0. The molecule has 0 aromatic carbocycles. The number of hydrogen-bond acceptors (Lipinski definition) is 5. The Hall–Kier alpha value is -0.910. The summed E-state index contributed by atoms with van der Waals surface area (Å²) >= 11 is 8.48. The Kier molecular flexibility index (Phi) is 5.64. The van der Waals surface area contributed by atoms with Crippen molar-refractivity contribution in [2.45, 2.75) is 15.3 Å². The van der Waals surface area contributed by atoms with Crippen LogP contribution in [0.25, 0.3) is 0 Å². The van der Waals surface area contributed by atoms with Crippen molar-refractivity contribution in [3.05, 3.63) is 48.8 Å². The van der Waals surface area contributed by atoms with E-state index in [2.05, 4.69) is 9.97 Å². The van der Waals surface area contributed by atoms with Gasteiger partial charge < -0.3 is 0 Å². The molecule has 0 spiro atoms. The van der Waals surface area contributed by atoms with Crippen LogP contribution in [-0.2, 0) is 0 Å². The molecule has 2 heterocycles. The van der Waals surface area contributed by atoms with Gasteiger partial charge in [0.2, 0.25) is 0 Å². The molecule has 1 atom stereocenters. The molecule has 0 aliphatic heterocycles. The molecule has 5 heteroatoms. The maximum atomic E-state index is 5.08. The SMILES string of the molecule is S=CC(CSc1ccccn1)Sc1ccccn1. The van der Waals surface area contributed by atoms with E-state index >= 15 is 0 Å². The summed E-state index contributed by atoms with van der Waals surface area (Å²) in [6.07, 6.45) is 3.61. The van der Waals surface area contributed by atoms with Crippen molar-refractivity contribution < 1.29 is 0 Å². The van der Waals surface area contributed by atoms with E-state index < -0.39 is 0 Å². The summed E-state index contributed by atoms with van der Waals surface area (Å²) in [5.74, 6) is 0.905. The number of pyridine rings is 2. The fourth-order valence-electron chi connectivity index (χ4n) is 1.27.